The van der Waals surface area contributed by atoms with E-state index in [1.54, 1.807) is 0 Å². The first-order valence-corrected chi connectivity index (χ1v) is 20.4. The largest absolute Gasteiger partial charge is 0.309 e. The normalized spacial score (nSPS) is 12.0. The summed E-state index contributed by atoms with van der Waals surface area (Å²) in [5.74, 6) is 1.83. The summed E-state index contributed by atoms with van der Waals surface area (Å²) in [6.07, 6.45) is 0. The van der Waals surface area contributed by atoms with Crippen molar-refractivity contribution >= 4 is 86.7 Å². The summed E-state index contributed by atoms with van der Waals surface area (Å²) in [5.41, 5.74) is 7.47. The number of aromatic nitrogens is 5. The summed E-state index contributed by atoms with van der Waals surface area (Å²) >= 11 is 0. The molecule has 0 aliphatic carbocycles. The predicted molar refractivity (Wildman–Crippen MR) is 249 cm³/mol. The second-order valence-electron chi connectivity index (χ2n) is 15.6. The van der Waals surface area contributed by atoms with Crippen molar-refractivity contribution < 1.29 is 0 Å². The summed E-state index contributed by atoms with van der Waals surface area (Å²) < 4.78 is 4.64. The minimum atomic E-state index is 0.576. The number of para-hydroxylation sites is 2. The fourth-order valence-corrected chi connectivity index (χ4v) is 9.61. The Labute approximate surface area is 344 Å². The number of benzene rings is 10. The first-order chi connectivity index (χ1) is 29.7. The summed E-state index contributed by atoms with van der Waals surface area (Å²) in [4.78, 5) is 15.9. The molecule has 3 heterocycles. The Morgan fingerprint density at radius 1 is 0.300 bits per heavy atom. The molecule has 60 heavy (non-hydrogen) atoms. The Hall–Kier alpha value is -8.15. The number of nitrogens with zero attached hydrogens (tertiary/aromatic N) is 5. The molecule has 0 saturated heterocycles. The molecule has 0 aliphatic rings. The van der Waals surface area contributed by atoms with Gasteiger partial charge in [0.1, 0.15) is 0 Å². The molecule has 0 aliphatic heterocycles. The van der Waals surface area contributed by atoms with Crippen LogP contribution in [-0.2, 0) is 0 Å². The fraction of sp³-hybridized carbons (Fsp3) is 0. The van der Waals surface area contributed by atoms with Gasteiger partial charge in [-0.3, -0.25) is 4.57 Å². The van der Waals surface area contributed by atoms with E-state index >= 15 is 0 Å². The van der Waals surface area contributed by atoms with E-state index in [-0.39, 0.29) is 0 Å². The van der Waals surface area contributed by atoms with Gasteiger partial charge in [0, 0.05) is 38.4 Å². The van der Waals surface area contributed by atoms with Crippen LogP contribution in [0.15, 0.2) is 200 Å². The molecule has 5 nitrogen and oxygen atoms in total. The first kappa shape index (κ1) is 32.9. The highest BCUT2D eigenvalue weighted by atomic mass is 15.2. The quantitative estimate of drug-likeness (QED) is 0.168. The smallest absolute Gasteiger partial charge is 0.238 e. The van der Waals surface area contributed by atoms with Crippen LogP contribution in [0.3, 0.4) is 0 Å². The van der Waals surface area contributed by atoms with Crippen LogP contribution in [0.1, 0.15) is 0 Å². The van der Waals surface area contributed by atoms with Gasteiger partial charge in [0.05, 0.1) is 22.1 Å². The van der Waals surface area contributed by atoms with Crippen LogP contribution < -0.4 is 0 Å². The Morgan fingerprint density at radius 3 is 1.77 bits per heavy atom. The zero-order valence-corrected chi connectivity index (χ0v) is 32.3. The van der Waals surface area contributed by atoms with Crippen LogP contribution in [-0.4, -0.2) is 24.1 Å². The van der Waals surface area contributed by atoms with E-state index < -0.39 is 0 Å². The third kappa shape index (κ3) is 4.84. The molecule has 0 saturated carbocycles. The molecule has 0 amide bonds. The molecule has 278 valence electrons. The van der Waals surface area contributed by atoms with E-state index in [0.29, 0.717) is 17.6 Å². The van der Waals surface area contributed by atoms with E-state index in [1.807, 2.05) is 18.2 Å². The molecular formula is C55H33N5. The summed E-state index contributed by atoms with van der Waals surface area (Å²) in [6.45, 7) is 0. The SMILES string of the molecule is c1ccc(-c2nc(-c3cc4ccccc4c4ccccc34)nc(-n3c4ccccc4c4cc5ccc(-n6c7ccccc7c7c8ccccc8ccc76)cc5cc43)n2)cc1. The lowest BCUT2D eigenvalue weighted by molar-refractivity contribution is 0.955. The van der Waals surface area contributed by atoms with Gasteiger partial charge in [-0.05, 0) is 91.6 Å². The van der Waals surface area contributed by atoms with Gasteiger partial charge in [0.2, 0.25) is 5.95 Å². The van der Waals surface area contributed by atoms with Crippen molar-refractivity contribution in [2.24, 2.45) is 0 Å². The summed E-state index contributed by atoms with van der Waals surface area (Å²) in [7, 11) is 0. The van der Waals surface area contributed by atoms with Crippen molar-refractivity contribution in [1.82, 2.24) is 24.1 Å². The number of hydrogen-bond donors (Lipinski definition) is 0. The molecular weight excluding hydrogens is 731 g/mol. The molecule has 5 heteroatoms. The van der Waals surface area contributed by atoms with Gasteiger partial charge < -0.3 is 4.57 Å². The lowest BCUT2D eigenvalue weighted by Gasteiger charge is -2.14. The molecule has 10 aromatic carbocycles. The summed E-state index contributed by atoms with van der Waals surface area (Å²) in [5, 5.41) is 14.3. The average Bonchev–Trinajstić information content (AvgIpc) is 3.83. The molecule has 0 bridgehead atoms. The minimum Gasteiger partial charge on any atom is -0.309 e. The van der Waals surface area contributed by atoms with Gasteiger partial charge in [0.15, 0.2) is 11.6 Å². The van der Waals surface area contributed by atoms with E-state index in [2.05, 4.69) is 191 Å². The molecule has 0 atom stereocenters. The van der Waals surface area contributed by atoms with Gasteiger partial charge in [-0.1, -0.05) is 152 Å². The molecule has 0 N–H and O–H groups in total. The maximum Gasteiger partial charge on any atom is 0.238 e. The topological polar surface area (TPSA) is 48.5 Å². The average molecular weight is 764 g/mol. The van der Waals surface area contributed by atoms with E-state index in [9.17, 15) is 0 Å². The van der Waals surface area contributed by atoms with Crippen LogP contribution in [0.4, 0.5) is 0 Å². The zero-order valence-electron chi connectivity index (χ0n) is 32.3. The molecule has 0 spiro atoms. The van der Waals surface area contributed by atoms with Crippen molar-refractivity contribution in [3.05, 3.63) is 200 Å². The highest BCUT2D eigenvalue weighted by molar-refractivity contribution is 6.21. The summed E-state index contributed by atoms with van der Waals surface area (Å²) in [6, 6.07) is 71.6. The third-order valence-corrected chi connectivity index (χ3v) is 12.3. The van der Waals surface area contributed by atoms with Crippen molar-refractivity contribution in [2.45, 2.75) is 0 Å². The van der Waals surface area contributed by atoms with Crippen molar-refractivity contribution in [3.8, 4) is 34.4 Å². The Balaban J connectivity index is 1.08. The van der Waals surface area contributed by atoms with Crippen LogP contribution >= 0.6 is 0 Å². The van der Waals surface area contributed by atoms with Crippen LogP contribution in [0.25, 0.3) is 121 Å². The Morgan fingerprint density at radius 2 is 0.933 bits per heavy atom. The third-order valence-electron chi connectivity index (χ3n) is 12.3. The number of hydrogen-bond acceptors (Lipinski definition) is 3. The maximum absolute atomic E-state index is 5.40. The van der Waals surface area contributed by atoms with E-state index in [4.69, 9.17) is 15.0 Å². The molecule has 13 aromatic rings. The lowest BCUT2D eigenvalue weighted by atomic mass is 9.97. The van der Waals surface area contributed by atoms with E-state index in [0.717, 1.165) is 54.8 Å². The molecule has 0 unspecified atom stereocenters. The zero-order chi connectivity index (χ0) is 39.3. The highest BCUT2D eigenvalue weighted by Crippen LogP contribution is 2.40. The second-order valence-corrected chi connectivity index (χ2v) is 15.6. The predicted octanol–water partition coefficient (Wildman–Crippen LogP) is 14.0. The van der Waals surface area contributed by atoms with Crippen LogP contribution in [0.2, 0.25) is 0 Å². The maximum atomic E-state index is 5.40. The highest BCUT2D eigenvalue weighted by Gasteiger charge is 2.21. The van der Waals surface area contributed by atoms with Gasteiger partial charge >= 0.3 is 0 Å². The van der Waals surface area contributed by atoms with Crippen molar-refractivity contribution in [1.29, 1.82) is 0 Å². The molecule has 0 fully saturated rings. The van der Waals surface area contributed by atoms with Crippen LogP contribution in [0.5, 0.6) is 0 Å². The van der Waals surface area contributed by atoms with Gasteiger partial charge in [0.25, 0.3) is 0 Å². The Bertz CT molecular complexity index is 3900. The number of rotatable bonds is 4. The van der Waals surface area contributed by atoms with Gasteiger partial charge in [-0.25, -0.2) is 4.98 Å². The number of fused-ring (bicyclic) bond motifs is 12. The Kier molecular flexibility index (Phi) is 6.95. The second kappa shape index (κ2) is 12.7. The van der Waals surface area contributed by atoms with Gasteiger partial charge in [-0.15, -0.1) is 0 Å². The molecule has 0 radical (unpaired) electrons. The van der Waals surface area contributed by atoms with Gasteiger partial charge in [-0.2, -0.15) is 9.97 Å². The monoisotopic (exact) mass is 763 g/mol. The van der Waals surface area contributed by atoms with Crippen molar-refractivity contribution in [3.63, 3.8) is 0 Å². The lowest BCUT2D eigenvalue weighted by Crippen LogP contribution is -2.06. The minimum absolute atomic E-state index is 0.576. The molecule has 13 rings (SSSR count). The first-order valence-electron chi connectivity index (χ1n) is 20.4. The standard InChI is InChI=1S/C55H33N5/c1-2-15-35(16-3-1)53-56-54(47-32-37-17-5-6-18-40(37)42-20-8-9-21-43(42)47)58-55(57-53)60-48-24-12-10-22-44(48)46-31-36-26-28-39(30-38(36)33-51(46)60)59-49-25-13-11-23-45(49)52-41-19-7-4-14-34(41)27-29-50(52)59/h1-33H. The van der Waals surface area contributed by atoms with Crippen LogP contribution in [0, 0.1) is 0 Å². The molecule has 3 aromatic heterocycles. The van der Waals surface area contributed by atoms with E-state index in [1.165, 1.54) is 48.7 Å². The van der Waals surface area contributed by atoms with Crippen molar-refractivity contribution in [2.75, 3.05) is 0 Å². The fourth-order valence-electron chi connectivity index (χ4n) is 9.61.